The van der Waals surface area contributed by atoms with Crippen LogP contribution in [0.25, 0.3) is 17.2 Å². The predicted molar refractivity (Wildman–Crippen MR) is 154 cm³/mol. The van der Waals surface area contributed by atoms with E-state index in [4.69, 9.17) is 25.0 Å². The van der Waals surface area contributed by atoms with Crippen molar-refractivity contribution in [1.82, 2.24) is 29.8 Å². The van der Waals surface area contributed by atoms with Crippen LogP contribution in [-0.4, -0.2) is 83.7 Å². The van der Waals surface area contributed by atoms with Crippen LogP contribution in [0.3, 0.4) is 0 Å². The van der Waals surface area contributed by atoms with Gasteiger partial charge in [0.15, 0.2) is 11.4 Å². The van der Waals surface area contributed by atoms with Gasteiger partial charge >= 0.3 is 0 Å². The Hall–Kier alpha value is -4.16. The molecule has 39 heavy (non-hydrogen) atoms. The Morgan fingerprint density at radius 3 is 2.77 bits per heavy atom. The zero-order valence-corrected chi connectivity index (χ0v) is 23.1. The lowest BCUT2D eigenvalue weighted by atomic mass is 10.3. The molecule has 0 atom stereocenters. The minimum Gasteiger partial charge on any atom is -0.491 e. The summed E-state index contributed by atoms with van der Waals surface area (Å²) in [6.45, 7) is 11.1. The molecular formula is C27H39N9O3. The number of nitrogens with zero attached hydrogens (tertiary/aromatic N) is 5. The van der Waals surface area contributed by atoms with Crippen LogP contribution in [0.1, 0.15) is 26.3 Å². The summed E-state index contributed by atoms with van der Waals surface area (Å²) in [6.07, 6.45) is 10.7. The summed E-state index contributed by atoms with van der Waals surface area (Å²) in [5, 5.41) is 19.0. The van der Waals surface area contributed by atoms with Gasteiger partial charge in [-0.05, 0) is 51.1 Å². The molecule has 210 valence electrons. The number of hydrogen-bond donors (Lipinski definition) is 4. The maximum absolute atomic E-state index is 7.90. The minimum atomic E-state index is 0.174. The summed E-state index contributed by atoms with van der Waals surface area (Å²) in [5.41, 5.74) is 8.22. The SMILES string of the molecule is C\C=C/C(=C\C=C(/C)N(CC)CCNCCNc1nc(N)n2nc(-c3ccco3)nc2c1C=N)OCCOC. The van der Waals surface area contributed by atoms with Crippen molar-refractivity contribution in [2.45, 2.75) is 20.8 Å². The smallest absolute Gasteiger partial charge is 0.225 e. The summed E-state index contributed by atoms with van der Waals surface area (Å²) < 4.78 is 17.6. The van der Waals surface area contributed by atoms with E-state index in [2.05, 4.69) is 50.5 Å². The third-order valence-electron chi connectivity index (χ3n) is 5.84. The molecule has 3 aromatic rings. The largest absolute Gasteiger partial charge is 0.491 e. The highest BCUT2D eigenvalue weighted by Gasteiger charge is 2.17. The highest BCUT2D eigenvalue weighted by Crippen LogP contribution is 2.23. The molecule has 0 aromatic carbocycles. The van der Waals surface area contributed by atoms with Gasteiger partial charge in [-0.3, -0.25) is 0 Å². The van der Waals surface area contributed by atoms with Gasteiger partial charge in [-0.15, -0.1) is 5.10 Å². The van der Waals surface area contributed by atoms with Crippen LogP contribution < -0.4 is 16.4 Å². The van der Waals surface area contributed by atoms with Crippen LogP contribution in [-0.2, 0) is 9.47 Å². The summed E-state index contributed by atoms with van der Waals surface area (Å²) in [5.74, 6) is 2.36. The minimum absolute atomic E-state index is 0.174. The first-order valence-corrected chi connectivity index (χ1v) is 13.0. The van der Waals surface area contributed by atoms with E-state index in [1.54, 1.807) is 25.5 Å². The number of nitrogens with two attached hydrogens (primary N) is 1. The molecule has 0 aliphatic rings. The number of furan rings is 1. The number of fused-ring (bicyclic) bond motifs is 1. The molecule has 0 saturated heterocycles. The van der Waals surface area contributed by atoms with Crippen LogP contribution in [0.5, 0.6) is 0 Å². The van der Waals surface area contributed by atoms with E-state index < -0.39 is 0 Å². The van der Waals surface area contributed by atoms with Gasteiger partial charge in [0.1, 0.15) is 18.2 Å². The average Bonchev–Trinajstić information content (AvgIpc) is 3.62. The molecule has 0 spiro atoms. The lowest BCUT2D eigenvalue weighted by molar-refractivity contribution is 0.114. The Kier molecular flexibility index (Phi) is 11.5. The van der Waals surface area contributed by atoms with Crippen molar-refractivity contribution in [2.24, 2.45) is 0 Å². The van der Waals surface area contributed by atoms with E-state index in [1.807, 2.05) is 25.2 Å². The summed E-state index contributed by atoms with van der Waals surface area (Å²) in [7, 11) is 1.66. The highest BCUT2D eigenvalue weighted by atomic mass is 16.5. The van der Waals surface area contributed by atoms with Gasteiger partial charge < -0.3 is 40.6 Å². The predicted octanol–water partition coefficient (Wildman–Crippen LogP) is 3.31. The summed E-state index contributed by atoms with van der Waals surface area (Å²) >= 11 is 0. The molecule has 0 aliphatic heterocycles. The number of anilines is 2. The van der Waals surface area contributed by atoms with Crippen LogP contribution in [0.15, 0.2) is 58.6 Å². The summed E-state index contributed by atoms with van der Waals surface area (Å²) in [6, 6.07) is 3.52. The fourth-order valence-electron chi connectivity index (χ4n) is 3.81. The van der Waals surface area contributed by atoms with E-state index in [0.29, 0.717) is 54.9 Å². The van der Waals surface area contributed by atoms with Gasteiger partial charge in [0.05, 0.1) is 18.4 Å². The molecule has 5 N–H and O–H groups in total. The fraction of sp³-hybridized carbons (Fsp3) is 0.407. The van der Waals surface area contributed by atoms with Crippen LogP contribution >= 0.6 is 0 Å². The third kappa shape index (κ3) is 8.16. The molecule has 12 nitrogen and oxygen atoms in total. The van der Waals surface area contributed by atoms with Crippen molar-refractivity contribution < 1.29 is 13.9 Å². The first-order valence-electron chi connectivity index (χ1n) is 13.0. The van der Waals surface area contributed by atoms with E-state index in [1.165, 1.54) is 10.7 Å². The number of hydrogen-bond acceptors (Lipinski definition) is 11. The number of nitrogen functional groups attached to an aromatic ring is 1. The Morgan fingerprint density at radius 1 is 1.23 bits per heavy atom. The van der Waals surface area contributed by atoms with Crippen LogP contribution in [0, 0.1) is 5.41 Å². The average molecular weight is 538 g/mol. The second-order valence-corrected chi connectivity index (χ2v) is 8.50. The molecule has 0 fully saturated rings. The zero-order chi connectivity index (χ0) is 28.0. The Bertz CT molecular complexity index is 1280. The van der Waals surface area contributed by atoms with E-state index >= 15 is 0 Å². The maximum atomic E-state index is 7.90. The molecule has 12 heteroatoms. The number of nitrogens with one attached hydrogen (secondary N) is 3. The number of allylic oxidation sites excluding steroid dienone is 5. The van der Waals surface area contributed by atoms with Crippen LogP contribution in [0.4, 0.5) is 11.8 Å². The highest BCUT2D eigenvalue weighted by molar-refractivity contribution is 5.93. The number of methoxy groups -OCH3 is 1. The maximum Gasteiger partial charge on any atom is 0.225 e. The molecule has 3 rings (SSSR count). The van der Waals surface area contributed by atoms with Gasteiger partial charge in [0.2, 0.25) is 11.8 Å². The molecule has 0 amide bonds. The molecule has 0 unspecified atom stereocenters. The summed E-state index contributed by atoms with van der Waals surface area (Å²) in [4.78, 5) is 11.2. The van der Waals surface area contributed by atoms with Crippen molar-refractivity contribution in [3.63, 3.8) is 0 Å². The van der Waals surface area contributed by atoms with Crippen molar-refractivity contribution in [2.75, 3.05) is 64.1 Å². The molecule has 0 aliphatic carbocycles. The fourth-order valence-corrected chi connectivity index (χ4v) is 3.81. The number of ether oxygens (including phenoxy) is 2. The van der Waals surface area contributed by atoms with E-state index in [-0.39, 0.29) is 5.95 Å². The normalized spacial score (nSPS) is 12.4. The van der Waals surface area contributed by atoms with Crippen molar-refractivity contribution >= 4 is 23.6 Å². The monoisotopic (exact) mass is 537 g/mol. The molecule has 0 saturated carbocycles. The lowest BCUT2D eigenvalue weighted by Gasteiger charge is -2.24. The van der Waals surface area contributed by atoms with Crippen LogP contribution in [0.2, 0.25) is 0 Å². The topological polar surface area (TPSA) is 152 Å². The Morgan fingerprint density at radius 2 is 2.08 bits per heavy atom. The van der Waals surface area contributed by atoms with Crippen molar-refractivity contribution in [3.05, 3.63) is 59.7 Å². The number of aromatic nitrogens is 4. The molecule has 3 heterocycles. The molecule has 3 aromatic heterocycles. The second-order valence-electron chi connectivity index (χ2n) is 8.50. The number of likely N-dealkylation sites (N-methyl/N-ethyl adjacent to an activating group) is 1. The standard InChI is InChI=1S/C27H39N9O3/c1-5-8-21(38-18-17-37-4)11-10-20(3)35(6-2)15-14-30-12-13-31-24-22(19-28)26-32-25(23-9-7-16-39-23)34-36(26)27(29)33-24/h5,7-11,16,19,28,30-31H,6,12-15,17-18H2,1-4H3,(H2,29,33)/b8-5-,20-10+,21-11+,28-19?. The van der Waals surface area contributed by atoms with Gasteiger partial charge in [-0.1, -0.05) is 6.08 Å². The quantitative estimate of drug-likeness (QED) is 0.0873. The Balaban J connectivity index is 1.52. The first kappa shape index (κ1) is 29.4. The Labute approximate surface area is 229 Å². The van der Waals surface area contributed by atoms with Crippen molar-refractivity contribution in [1.29, 1.82) is 5.41 Å². The van der Waals surface area contributed by atoms with Crippen molar-refractivity contribution in [3.8, 4) is 11.6 Å². The first-order chi connectivity index (χ1) is 19.0. The third-order valence-corrected chi connectivity index (χ3v) is 5.84. The lowest BCUT2D eigenvalue weighted by Crippen LogP contribution is -2.33. The molecule has 0 bridgehead atoms. The van der Waals surface area contributed by atoms with Gasteiger partial charge in [-0.2, -0.15) is 9.50 Å². The van der Waals surface area contributed by atoms with Gasteiger partial charge in [-0.25, -0.2) is 4.98 Å². The van der Waals surface area contributed by atoms with E-state index in [0.717, 1.165) is 31.1 Å². The van der Waals surface area contributed by atoms with Gasteiger partial charge in [0.25, 0.3) is 0 Å². The van der Waals surface area contributed by atoms with E-state index in [9.17, 15) is 0 Å². The molecular weight excluding hydrogens is 498 g/mol. The van der Waals surface area contributed by atoms with Gasteiger partial charge in [0, 0.05) is 51.7 Å². The number of rotatable bonds is 17. The molecule has 0 radical (unpaired) electrons. The zero-order valence-electron chi connectivity index (χ0n) is 23.1. The second kappa shape index (κ2) is 15.3.